The molecule has 4 rings (SSSR count). The molecule has 8 heteroatoms. The third kappa shape index (κ3) is 2.89. The minimum Gasteiger partial charge on any atom is -0.391 e. The highest BCUT2D eigenvalue weighted by Crippen LogP contribution is 2.17. The highest BCUT2D eigenvalue weighted by atomic mass is 16.5. The third-order valence-electron chi connectivity index (χ3n) is 4.09. The van der Waals surface area contributed by atoms with Crippen molar-refractivity contribution < 1.29 is 14.6 Å². The number of H-pyrrole nitrogens is 1. The topological polar surface area (TPSA) is 112 Å². The van der Waals surface area contributed by atoms with Gasteiger partial charge in [0.1, 0.15) is 5.70 Å². The number of hydrogen-bond acceptors (Lipinski definition) is 6. The average Bonchev–Trinajstić information content (AvgIpc) is 3.16. The summed E-state index contributed by atoms with van der Waals surface area (Å²) >= 11 is 0. The van der Waals surface area contributed by atoms with Crippen molar-refractivity contribution in [1.29, 1.82) is 0 Å². The molecule has 0 unspecified atom stereocenters. The number of aromatic amines is 1. The Morgan fingerprint density at radius 2 is 2.33 bits per heavy atom. The summed E-state index contributed by atoms with van der Waals surface area (Å²) in [5, 5.41) is 15.6. The van der Waals surface area contributed by atoms with Gasteiger partial charge < -0.3 is 20.1 Å². The van der Waals surface area contributed by atoms with Crippen molar-refractivity contribution in [3.05, 3.63) is 35.8 Å². The van der Waals surface area contributed by atoms with Gasteiger partial charge in [-0.05, 0) is 30.2 Å². The van der Waals surface area contributed by atoms with Gasteiger partial charge in [0.2, 0.25) is 5.96 Å². The predicted octanol–water partition coefficient (Wildman–Crippen LogP) is 0.129. The number of nitrogens with one attached hydrogen (secondary N) is 3. The van der Waals surface area contributed by atoms with Gasteiger partial charge in [-0.2, -0.15) is 0 Å². The van der Waals surface area contributed by atoms with E-state index in [1.54, 1.807) is 12.4 Å². The fraction of sp³-hybridized carbons (Fsp3) is 0.312. The number of nitrogens with zero attached hydrogens (tertiary/aromatic N) is 2. The standard InChI is InChI=1S/C16H17N5O3/c22-14-3-4-24-7-13(14)20-16-19-12(15(23)21-16)6-9-1-2-10-11(5-9)18-8-17-10/h1-2,5-6,8,13-14,22H,3-4,7H2,(H,17,18)(H2,19,20,21,23)/b12-6-/t13-,14-/m1/s1. The summed E-state index contributed by atoms with van der Waals surface area (Å²) < 4.78 is 5.33. The number of hydrogen-bond donors (Lipinski definition) is 4. The monoisotopic (exact) mass is 327 g/mol. The molecule has 0 bridgehead atoms. The summed E-state index contributed by atoms with van der Waals surface area (Å²) in [6.45, 7) is 0.921. The lowest BCUT2D eigenvalue weighted by molar-refractivity contribution is -0.115. The van der Waals surface area contributed by atoms with Crippen LogP contribution >= 0.6 is 0 Å². The molecule has 1 fully saturated rings. The number of aromatic nitrogens is 2. The summed E-state index contributed by atoms with van der Waals surface area (Å²) in [6.07, 6.45) is 3.37. The van der Waals surface area contributed by atoms with Gasteiger partial charge in [-0.25, -0.2) is 9.98 Å². The second-order valence-corrected chi connectivity index (χ2v) is 5.81. The quantitative estimate of drug-likeness (QED) is 0.586. The van der Waals surface area contributed by atoms with Crippen LogP contribution in [0.25, 0.3) is 17.1 Å². The SMILES string of the molecule is O=C1NC(N[C@@H]2COCC[C@H]2O)=N/C1=C\c1ccc2[nH]cnc2c1. The number of amides is 1. The van der Waals surface area contributed by atoms with Crippen molar-refractivity contribution in [2.75, 3.05) is 13.2 Å². The Morgan fingerprint density at radius 3 is 3.21 bits per heavy atom. The molecule has 0 radical (unpaired) electrons. The second kappa shape index (κ2) is 6.06. The Balaban J connectivity index is 1.54. The van der Waals surface area contributed by atoms with Gasteiger partial charge >= 0.3 is 0 Å². The highest BCUT2D eigenvalue weighted by Gasteiger charge is 2.28. The zero-order valence-corrected chi connectivity index (χ0v) is 12.8. The van der Waals surface area contributed by atoms with Gasteiger partial charge in [0.05, 0.1) is 36.1 Å². The lowest BCUT2D eigenvalue weighted by atomic mass is 10.1. The van der Waals surface area contributed by atoms with Crippen LogP contribution in [0, 0.1) is 0 Å². The first-order valence-electron chi connectivity index (χ1n) is 7.76. The maximum absolute atomic E-state index is 12.1. The van der Waals surface area contributed by atoms with Crippen LogP contribution in [0.1, 0.15) is 12.0 Å². The lowest BCUT2D eigenvalue weighted by Gasteiger charge is -2.28. The molecule has 2 atom stereocenters. The van der Waals surface area contributed by atoms with E-state index in [0.29, 0.717) is 31.3 Å². The molecule has 3 heterocycles. The minimum atomic E-state index is -0.520. The van der Waals surface area contributed by atoms with E-state index in [0.717, 1.165) is 16.6 Å². The van der Waals surface area contributed by atoms with Crippen LogP contribution in [0.15, 0.2) is 35.2 Å². The fourth-order valence-corrected chi connectivity index (χ4v) is 2.77. The molecule has 0 aliphatic carbocycles. The van der Waals surface area contributed by atoms with E-state index in [-0.39, 0.29) is 11.9 Å². The van der Waals surface area contributed by atoms with E-state index >= 15 is 0 Å². The van der Waals surface area contributed by atoms with Gasteiger partial charge in [-0.15, -0.1) is 0 Å². The maximum Gasteiger partial charge on any atom is 0.276 e. The number of aliphatic hydroxyl groups excluding tert-OH is 1. The van der Waals surface area contributed by atoms with Crippen LogP contribution in [0.3, 0.4) is 0 Å². The molecule has 1 aromatic heterocycles. The van der Waals surface area contributed by atoms with E-state index in [2.05, 4.69) is 25.6 Å². The average molecular weight is 327 g/mol. The summed E-state index contributed by atoms with van der Waals surface area (Å²) in [7, 11) is 0. The molecule has 2 aliphatic rings. The van der Waals surface area contributed by atoms with E-state index in [1.165, 1.54) is 0 Å². The van der Waals surface area contributed by atoms with Crippen LogP contribution in [0.2, 0.25) is 0 Å². The number of fused-ring (bicyclic) bond motifs is 1. The van der Waals surface area contributed by atoms with Crippen LogP contribution in [-0.4, -0.2) is 52.3 Å². The van der Waals surface area contributed by atoms with Crippen LogP contribution in [-0.2, 0) is 9.53 Å². The molecular weight excluding hydrogens is 310 g/mol. The number of carbonyl (C=O) groups is 1. The van der Waals surface area contributed by atoms with Gasteiger partial charge in [-0.3, -0.25) is 10.1 Å². The molecule has 2 aliphatic heterocycles. The Labute approximate surface area is 137 Å². The van der Waals surface area contributed by atoms with Gasteiger partial charge in [0, 0.05) is 6.61 Å². The molecule has 1 saturated heterocycles. The molecular formula is C16H17N5O3. The zero-order valence-electron chi connectivity index (χ0n) is 12.8. The molecule has 8 nitrogen and oxygen atoms in total. The Kier molecular flexibility index (Phi) is 3.75. The van der Waals surface area contributed by atoms with E-state index < -0.39 is 6.10 Å². The number of guanidine groups is 1. The van der Waals surface area contributed by atoms with Gasteiger partial charge in [0.15, 0.2) is 0 Å². The molecule has 24 heavy (non-hydrogen) atoms. The van der Waals surface area contributed by atoms with Crippen molar-refractivity contribution in [1.82, 2.24) is 20.6 Å². The highest BCUT2D eigenvalue weighted by molar-refractivity contribution is 6.13. The molecule has 2 aromatic rings. The van der Waals surface area contributed by atoms with E-state index in [4.69, 9.17) is 4.74 Å². The number of imidazole rings is 1. The zero-order chi connectivity index (χ0) is 16.5. The normalized spacial score (nSPS) is 25.8. The summed E-state index contributed by atoms with van der Waals surface area (Å²) in [4.78, 5) is 23.6. The molecule has 124 valence electrons. The first kappa shape index (κ1) is 14.9. The number of aliphatic imine (C=N–C) groups is 1. The predicted molar refractivity (Wildman–Crippen MR) is 88.0 cm³/mol. The fourth-order valence-electron chi connectivity index (χ4n) is 2.77. The van der Waals surface area contributed by atoms with Gasteiger partial charge in [0.25, 0.3) is 5.91 Å². The smallest absolute Gasteiger partial charge is 0.276 e. The molecule has 0 saturated carbocycles. The van der Waals surface area contributed by atoms with Crippen LogP contribution in [0.4, 0.5) is 0 Å². The van der Waals surface area contributed by atoms with E-state index in [1.807, 2.05) is 18.2 Å². The third-order valence-corrected chi connectivity index (χ3v) is 4.09. The number of aliphatic hydroxyl groups is 1. The summed E-state index contributed by atoms with van der Waals surface area (Å²) in [5.41, 5.74) is 2.90. The maximum atomic E-state index is 12.1. The van der Waals surface area contributed by atoms with Gasteiger partial charge in [-0.1, -0.05) is 6.07 Å². The number of benzene rings is 1. The van der Waals surface area contributed by atoms with Crippen molar-refractivity contribution in [2.24, 2.45) is 4.99 Å². The van der Waals surface area contributed by atoms with Crippen molar-refractivity contribution in [3.8, 4) is 0 Å². The lowest BCUT2D eigenvalue weighted by Crippen LogP contribution is -2.52. The van der Waals surface area contributed by atoms with Crippen LogP contribution in [0.5, 0.6) is 0 Å². The summed E-state index contributed by atoms with van der Waals surface area (Å²) in [6, 6.07) is 5.39. The van der Waals surface area contributed by atoms with Crippen LogP contribution < -0.4 is 10.6 Å². The molecule has 1 aromatic carbocycles. The Morgan fingerprint density at radius 1 is 1.42 bits per heavy atom. The van der Waals surface area contributed by atoms with Crippen molar-refractivity contribution in [2.45, 2.75) is 18.6 Å². The second-order valence-electron chi connectivity index (χ2n) is 5.81. The first-order valence-corrected chi connectivity index (χ1v) is 7.76. The van der Waals surface area contributed by atoms with E-state index in [9.17, 15) is 9.90 Å². The minimum absolute atomic E-state index is 0.280. The molecule has 1 amide bonds. The Hall–Kier alpha value is -2.71. The first-order chi connectivity index (χ1) is 11.7. The number of rotatable bonds is 2. The Bertz CT molecular complexity index is 841. The molecule has 0 spiro atoms. The summed E-state index contributed by atoms with van der Waals surface area (Å²) in [5.74, 6) is 0.0486. The van der Waals surface area contributed by atoms with Crippen molar-refractivity contribution >= 4 is 29.0 Å². The molecule has 4 N–H and O–H groups in total. The number of ether oxygens (including phenoxy) is 1. The van der Waals surface area contributed by atoms with Crippen molar-refractivity contribution in [3.63, 3.8) is 0 Å². The number of carbonyl (C=O) groups excluding carboxylic acids is 1. The largest absolute Gasteiger partial charge is 0.391 e.